The topological polar surface area (TPSA) is 94.9 Å². The average molecular weight is 266 g/mol. The molecule has 1 heterocycles. The number of rotatable bonds is 4. The van der Waals surface area contributed by atoms with E-state index in [1.807, 2.05) is 6.92 Å². The largest absolute Gasteiger partial charge is 0.339 e. The predicted molar refractivity (Wildman–Crippen MR) is 66.7 cm³/mol. The first kappa shape index (κ1) is 14.1. The standard InChI is InChI=1S/C11H14N4O2S/c1-3-8-6-14-11(18-8)7(2)15-10(17)9(16)13-5-4-12/h6-7H,3,5H2,1-2H3,(H,13,16)(H,15,17). The fraction of sp³-hybridized carbons (Fsp3) is 0.455. The molecule has 0 aromatic carbocycles. The molecular weight excluding hydrogens is 252 g/mol. The van der Waals surface area contributed by atoms with Crippen LogP contribution in [0.15, 0.2) is 6.20 Å². The normalized spacial score (nSPS) is 11.4. The SMILES string of the molecule is CCc1cnc(C(C)NC(=O)C(=O)NCC#N)s1. The Hall–Kier alpha value is -1.94. The lowest BCUT2D eigenvalue weighted by Crippen LogP contribution is -2.41. The monoisotopic (exact) mass is 266 g/mol. The van der Waals surface area contributed by atoms with Gasteiger partial charge in [-0.15, -0.1) is 11.3 Å². The first-order valence-electron chi connectivity index (χ1n) is 5.48. The molecular formula is C11H14N4O2S. The molecule has 2 amide bonds. The molecule has 0 spiro atoms. The minimum atomic E-state index is -0.810. The van der Waals surface area contributed by atoms with Crippen LogP contribution in [-0.4, -0.2) is 23.3 Å². The number of thiazole rings is 1. The summed E-state index contributed by atoms with van der Waals surface area (Å²) in [5.74, 6) is -1.57. The molecule has 0 bridgehead atoms. The average Bonchev–Trinajstić information content (AvgIpc) is 2.84. The Balaban J connectivity index is 2.54. The van der Waals surface area contributed by atoms with Crippen LogP contribution in [-0.2, 0) is 16.0 Å². The van der Waals surface area contributed by atoms with E-state index in [9.17, 15) is 9.59 Å². The molecule has 7 heteroatoms. The summed E-state index contributed by atoms with van der Waals surface area (Å²) in [5.41, 5.74) is 0. The molecule has 6 nitrogen and oxygen atoms in total. The second kappa shape index (κ2) is 6.71. The maximum absolute atomic E-state index is 11.5. The summed E-state index contributed by atoms with van der Waals surface area (Å²) in [7, 11) is 0. The number of nitrogens with one attached hydrogen (secondary N) is 2. The van der Waals surface area contributed by atoms with Gasteiger partial charge in [-0.1, -0.05) is 6.92 Å². The van der Waals surface area contributed by atoms with Crippen molar-refractivity contribution in [3.8, 4) is 6.07 Å². The zero-order valence-corrected chi connectivity index (χ0v) is 11.0. The summed E-state index contributed by atoms with van der Waals surface area (Å²) in [6.45, 7) is 3.60. The molecule has 1 aromatic heterocycles. The Morgan fingerprint density at radius 3 is 2.83 bits per heavy atom. The first-order chi connectivity index (χ1) is 8.58. The van der Waals surface area contributed by atoms with Crippen LogP contribution in [0.25, 0.3) is 0 Å². The van der Waals surface area contributed by atoms with Gasteiger partial charge in [-0.2, -0.15) is 5.26 Å². The number of nitrogens with zero attached hydrogens (tertiary/aromatic N) is 2. The van der Waals surface area contributed by atoms with Crippen LogP contribution in [0.1, 0.15) is 29.8 Å². The number of hydrogen-bond donors (Lipinski definition) is 2. The minimum absolute atomic E-state index is 0.183. The van der Waals surface area contributed by atoms with E-state index < -0.39 is 11.8 Å². The lowest BCUT2D eigenvalue weighted by Gasteiger charge is -2.10. The van der Waals surface area contributed by atoms with E-state index in [2.05, 4.69) is 15.6 Å². The van der Waals surface area contributed by atoms with Gasteiger partial charge in [0.25, 0.3) is 0 Å². The molecule has 0 radical (unpaired) electrons. The van der Waals surface area contributed by atoms with Crippen molar-refractivity contribution in [1.82, 2.24) is 15.6 Å². The number of amides is 2. The van der Waals surface area contributed by atoms with Crippen molar-refractivity contribution in [2.75, 3.05) is 6.54 Å². The molecule has 0 aliphatic heterocycles. The lowest BCUT2D eigenvalue weighted by molar-refractivity contribution is -0.139. The van der Waals surface area contributed by atoms with Crippen LogP contribution < -0.4 is 10.6 Å². The van der Waals surface area contributed by atoms with Gasteiger partial charge in [0.05, 0.1) is 12.1 Å². The predicted octanol–water partition coefficient (Wildman–Crippen LogP) is 0.522. The second-order valence-electron chi connectivity index (χ2n) is 3.55. The van der Waals surface area contributed by atoms with Crippen LogP contribution in [0.2, 0.25) is 0 Å². The highest BCUT2D eigenvalue weighted by Crippen LogP contribution is 2.19. The number of aryl methyl sites for hydroxylation is 1. The fourth-order valence-corrected chi connectivity index (χ4v) is 2.07. The highest BCUT2D eigenvalue weighted by Gasteiger charge is 2.18. The van der Waals surface area contributed by atoms with E-state index in [1.165, 1.54) is 11.3 Å². The third-order valence-electron chi connectivity index (χ3n) is 2.17. The maximum Gasteiger partial charge on any atom is 0.310 e. The van der Waals surface area contributed by atoms with Crippen LogP contribution in [0.4, 0.5) is 0 Å². The van der Waals surface area contributed by atoms with Gasteiger partial charge >= 0.3 is 11.8 Å². The van der Waals surface area contributed by atoms with Gasteiger partial charge in [-0.25, -0.2) is 4.98 Å². The summed E-state index contributed by atoms with van der Waals surface area (Å²) < 4.78 is 0. The highest BCUT2D eigenvalue weighted by atomic mass is 32.1. The van der Waals surface area contributed by atoms with E-state index in [1.54, 1.807) is 19.2 Å². The van der Waals surface area contributed by atoms with E-state index >= 15 is 0 Å². The van der Waals surface area contributed by atoms with E-state index in [-0.39, 0.29) is 12.6 Å². The highest BCUT2D eigenvalue weighted by molar-refractivity contribution is 7.11. The van der Waals surface area contributed by atoms with Gasteiger partial charge in [0, 0.05) is 11.1 Å². The van der Waals surface area contributed by atoms with Gasteiger partial charge in [0.2, 0.25) is 0 Å². The smallest absolute Gasteiger partial charge is 0.310 e. The Morgan fingerprint density at radius 2 is 2.28 bits per heavy atom. The Kier molecular flexibility index (Phi) is 5.27. The van der Waals surface area contributed by atoms with E-state index in [0.717, 1.165) is 16.3 Å². The number of carbonyl (C=O) groups is 2. The molecule has 2 N–H and O–H groups in total. The summed E-state index contributed by atoms with van der Waals surface area (Å²) in [5, 5.41) is 13.7. The first-order valence-corrected chi connectivity index (χ1v) is 6.30. The van der Waals surface area contributed by atoms with Crippen LogP contribution in [0, 0.1) is 11.3 Å². The summed E-state index contributed by atoms with van der Waals surface area (Å²) in [6, 6.07) is 1.40. The number of carbonyl (C=O) groups excluding carboxylic acids is 2. The molecule has 0 saturated heterocycles. The fourth-order valence-electron chi connectivity index (χ4n) is 1.21. The van der Waals surface area contributed by atoms with Gasteiger partial charge in [-0.05, 0) is 13.3 Å². The molecule has 1 unspecified atom stereocenters. The van der Waals surface area contributed by atoms with Gasteiger partial charge in [0.1, 0.15) is 11.6 Å². The van der Waals surface area contributed by atoms with Crippen LogP contribution in [0.3, 0.4) is 0 Å². The molecule has 96 valence electrons. The van der Waals surface area contributed by atoms with Crippen molar-refractivity contribution in [3.63, 3.8) is 0 Å². The van der Waals surface area contributed by atoms with E-state index in [4.69, 9.17) is 5.26 Å². The van der Waals surface area contributed by atoms with Crippen molar-refractivity contribution in [2.24, 2.45) is 0 Å². The van der Waals surface area contributed by atoms with Crippen molar-refractivity contribution in [3.05, 3.63) is 16.1 Å². The van der Waals surface area contributed by atoms with Crippen molar-refractivity contribution < 1.29 is 9.59 Å². The summed E-state index contributed by atoms with van der Waals surface area (Å²) in [6.07, 6.45) is 2.65. The minimum Gasteiger partial charge on any atom is -0.339 e. The number of hydrogen-bond acceptors (Lipinski definition) is 5. The van der Waals surface area contributed by atoms with E-state index in [0.29, 0.717) is 0 Å². The second-order valence-corrected chi connectivity index (χ2v) is 4.70. The van der Waals surface area contributed by atoms with Gasteiger partial charge in [0.15, 0.2) is 0 Å². The van der Waals surface area contributed by atoms with Crippen LogP contribution >= 0.6 is 11.3 Å². The Bertz CT molecular complexity index is 478. The van der Waals surface area contributed by atoms with Crippen molar-refractivity contribution in [2.45, 2.75) is 26.3 Å². The Labute approximate surface area is 109 Å². The molecule has 0 fully saturated rings. The molecule has 0 aliphatic carbocycles. The molecule has 1 rings (SSSR count). The third-order valence-corrected chi connectivity index (χ3v) is 3.50. The van der Waals surface area contributed by atoms with Crippen molar-refractivity contribution in [1.29, 1.82) is 5.26 Å². The quantitative estimate of drug-likeness (QED) is 0.613. The molecule has 0 saturated carbocycles. The molecule has 0 aliphatic rings. The van der Waals surface area contributed by atoms with Gasteiger partial charge < -0.3 is 10.6 Å². The molecule has 1 atom stereocenters. The Morgan fingerprint density at radius 1 is 1.56 bits per heavy atom. The third kappa shape index (κ3) is 3.82. The van der Waals surface area contributed by atoms with Crippen molar-refractivity contribution >= 4 is 23.2 Å². The summed E-state index contributed by atoms with van der Waals surface area (Å²) in [4.78, 5) is 28.0. The molecule has 18 heavy (non-hydrogen) atoms. The molecule has 1 aromatic rings. The van der Waals surface area contributed by atoms with Crippen LogP contribution in [0.5, 0.6) is 0 Å². The number of nitriles is 1. The maximum atomic E-state index is 11.5. The zero-order valence-electron chi connectivity index (χ0n) is 10.2. The lowest BCUT2D eigenvalue weighted by atomic mass is 10.3. The van der Waals surface area contributed by atoms with Gasteiger partial charge in [-0.3, -0.25) is 9.59 Å². The number of aromatic nitrogens is 1. The zero-order chi connectivity index (χ0) is 13.5. The summed E-state index contributed by atoms with van der Waals surface area (Å²) >= 11 is 1.50.